The molecule has 1 aliphatic carbocycles. The van der Waals surface area contributed by atoms with Crippen LogP contribution in [0.2, 0.25) is 0 Å². The number of hydrogen-bond acceptors (Lipinski definition) is 0. The lowest BCUT2D eigenvalue weighted by Crippen LogP contribution is -2.15. The van der Waals surface area contributed by atoms with Gasteiger partial charge in [0.2, 0.25) is 0 Å². The van der Waals surface area contributed by atoms with E-state index in [0.29, 0.717) is 0 Å². The molecule has 1 aliphatic rings. The fraction of sp³-hybridized carbons (Fsp3) is 0.0526. The lowest BCUT2D eigenvalue weighted by Gasteiger charge is -2.22. The largest absolute Gasteiger partial charge is 0.309 e. The fourth-order valence-corrected chi connectivity index (χ4v) is 10.1. The molecule has 0 radical (unpaired) electrons. The molecule has 0 spiro atoms. The van der Waals surface area contributed by atoms with Crippen LogP contribution in [0.4, 0.5) is 0 Å². The first-order valence-corrected chi connectivity index (χ1v) is 20.6. The molecule has 0 amide bonds. The minimum atomic E-state index is -0.194. The average molecular weight is 753 g/mol. The van der Waals surface area contributed by atoms with Crippen molar-refractivity contribution in [3.05, 3.63) is 217 Å². The smallest absolute Gasteiger partial charge is 0.0541 e. The van der Waals surface area contributed by atoms with Crippen molar-refractivity contribution in [3.63, 3.8) is 0 Å². The van der Waals surface area contributed by atoms with Crippen molar-refractivity contribution in [2.75, 3.05) is 0 Å². The summed E-state index contributed by atoms with van der Waals surface area (Å²) >= 11 is 0. The highest BCUT2D eigenvalue weighted by Crippen LogP contribution is 2.53. The highest BCUT2D eigenvalue weighted by atomic mass is 15.0. The topological polar surface area (TPSA) is 9.86 Å². The van der Waals surface area contributed by atoms with E-state index in [1.165, 1.54) is 111 Å². The van der Waals surface area contributed by atoms with E-state index < -0.39 is 0 Å². The van der Waals surface area contributed by atoms with E-state index in [2.05, 4.69) is 229 Å². The van der Waals surface area contributed by atoms with Crippen LogP contribution in [0, 0.1) is 0 Å². The van der Waals surface area contributed by atoms with E-state index in [-0.39, 0.29) is 5.41 Å². The van der Waals surface area contributed by atoms with Gasteiger partial charge in [-0.1, -0.05) is 159 Å². The summed E-state index contributed by atoms with van der Waals surface area (Å²) in [5.41, 5.74) is 19.8. The molecule has 0 saturated heterocycles. The van der Waals surface area contributed by atoms with Crippen molar-refractivity contribution in [3.8, 4) is 55.9 Å². The number of hydrogen-bond donors (Lipinski definition) is 0. The quantitative estimate of drug-likeness (QED) is 0.166. The molecule has 12 rings (SSSR count). The number of benzene rings is 9. The van der Waals surface area contributed by atoms with Crippen molar-refractivity contribution in [2.24, 2.45) is 0 Å². The Hall–Kier alpha value is -7.42. The van der Waals surface area contributed by atoms with Crippen molar-refractivity contribution in [2.45, 2.75) is 19.3 Å². The number of para-hydroxylation sites is 2. The molecule has 2 heteroatoms. The molecule has 0 fully saturated rings. The van der Waals surface area contributed by atoms with Crippen LogP contribution in [0.25, 0.3) is 99.5 Å². The Morgan fingerprint density at radius 3 is 1.42 bits per heavy atom. The standard InChI is InChI=1S/C57H40N2/c1-57(2)50-24-14-23-44(41-19-13-20-42(33-41)58-52-25-11-9-21-45(52)46-22-10-12-26-53(46)58)56(50)47-30-29-43(36-51(47)57)59-54-31-27-39(37-15-5-3-6-16-37)34-48(54)49-35-40(28-32-55(49)59)38-17-7-4-8-18-38/h3-36H,1-2H3. The highest BCUT2D eigenvalue weighted by Gasteiger charge is 2.37. The lowest BCUT2D eigenvalue weighted by molar-refractivity contribution is 0.660. The Morgan fingerprint density at radius 2 is 0.814 bits per heavy atom. The number of fused-ring (bicyclic) bond motifs is 9. The lowest BCUT2D eigenvalue weighted by atomic mass is 9.82. The van der Waals surface area contributed by atoms with E-state index >= 15 is 0 Å². The van der Waals surface area contributed by atoms with E-state index in [0.717, 1.165) is 0 Å². The van der Waals surface area contributed by atoms with Gasteiger partial charge in [-0.25, -0.2) is 0 Å². The summed E-state index contributed by atoms with van der Waals surface area (Å²) < 4.78 is 4.89. The van der Waals surface area contributed by atoms with Gasteiger partial charge in [-0.15, -0.1) is 0 Å². The van der Waals surface area contributed by atoms with Gasteiger partial charge in [-0.3, -0.25) is 0 Å². The first-order chi connectivity index (χ1) is 29.0. The van der Waals surface area contributed by atoms with Crippen LogP contribution in [-0.4, -0.2) is 9.13 Å². The van der Waals surface area contributed by atoms with Gasteiger partial charge in [0.15, 0.2) is 0 Å². The van der Waals surface area contributed by atoms with Gasteiger partial charge < -0.3 is 9.13 Å². The van der Waals surface area contributed by atoms with Gasteiger partial charge >= 0.3 is 0 Å². The van der Waals surface area contributed by atoms with Crippen LogP contribution in [0.15, 0.2) is 206 Å². The summed E-state index contributed by atoms with van der Waals surface area (Å²) in [5.74, 6) is 0. The average Bonchev–Trinajstić information content (AvgIpc) is 3.89. The van der Waals surface area contributed by atoms with Crippen LogP contribution in [0.5, 0.6) is 0 Å². The molecule has 9 aromatic carbocycles. The van der Waals surface area contributed by atoms with Gasteiger partial charge in [0.1, 0.15) is 0 Å². The van der Waals surface area contributed by atoms with Crippen LogP contribution in [0.3, 0.4) is 0 Å². The molecule has 0 saturated carbocycles. The molecular weight excluding hydrogens is 713 g/mol. The monoisotopic (exact) mass is 752 g/mol. The minimum absolute atomic E-state index is 0.194. The second-order valence-electron chi connectivity index (χ2n) is 16.5. The molecule has 2 nitrogen and oxygen atoms in total. The van der Waals surface area contributed by atoms with Crippen LogP contribution in [-0.2, 0) is 5.41 Å². The summed E-state index contributed by atoms with van der Waals surface area (Å²) in [4.78, 5) is 0. The molecule has 0 unspecified atom stereocenters. The Bertz CT molecular complexity index is 3300. The van der Waals surface area contributed by atoms with E-state index in [1.54, 1.807) is 0 Å². The maximum Gasteiger partial charge on any atom is 0.0541 e. The Kier molecular flexibility index (Phi) is 7.31. The summed E-state index contributed by atoms with van der Waals surface area (Å²) in [6, 6.07) is 76.1. The van der Waals surface area contributed by atoms with Crippen LogP contribution in [0.1, 0.15) is 25.0 Å². The molecule has 0 bridgehead atoms. The molecule has 2 heterocycles. The van der Waals surface area contributed by atoms with Gasteiger partial charge in [0.25, 0.3) is 0 Å². The van der Waals surface area contributed by atoms with E-state index in [1.807, 2.05) is 0 Å². The van der Waals surface area contributed by atoms with E-state index in [4.69, 9.17) is 0 Å². The van der Waals surface area contributed by atoms with Crippen molar-refractivity contribution < 1.29 is 0 Å². The van der Waals surface area contributed by atoms with Crippen molar-refractivity contribution in [1.29, 1.82) is 0 Å². The normalized spacial score (nSPS) is 13.1. The Labute approximate surface area is 343 Å². The van der Waals surface area contributed by atoms with Crippen molar-refractivity contribution in [1.82, 2.24) is 9.13 Å². The molecule has 0 atom stereocenters. The van der Waals surface area contributed by atoms with Gasteiger partial charge in [0.05, 0.1) is 22.1 Å². The molecular formula is C57H40N2. The predicted octanol–water partition coefficient (Wildman–Crippen LogP) is 15.2. The third-order valence-corrected chi connectivity index (χ3v) is 12.9. The summed E-state index contributed by atoms with van der Waals surface area (Å²) in [7, 11) is 0. The first kappa shape index (κ1) is 33.7. The maximum atomic E-state index is 2.48. The number of rotatable bonds is 5. The van der Waals surface area contributed by atoms with Crippen LogP contribution >= 0.6 is 0 Å². The van der Waals surface area contributed by atoms with Gasteiger partial charge in [-0.2, -0.15) is 0 Å². The first-order valence-electron chi connectivity index (χ1n) is 20.6. The Balaban J connectivity index is 1.02. The number of aromatic nitrogens is 2. The predicted molar refractivity (Wildman–Crippen MR) is 249 cm³/mol. The SMILES string of the molecule is CC1(C)c2cc(-n3c4ccc(-c5ccccc5)cc4c4cc(-c5ccccc5)ccc43)ccc2-c2c(-c3cccc(-n4c5ccccc5c5ccccc54)c3)cccc21. The third kappa shape index (κ3) is 5.06. The summed E-state index contributed by atoms with van der Waals surface area (Å²) in [6.07, 6.45) is 0. The van der Waals surface area contributed by atoms with E-state index in [9.17, 15) is 0 Å². The zero-order valence-electron chi connectivity index (χ0n) is 33.0. The molecule has 2 aromatic heterocycles. The second-order valence-corrected chi connectivity index (χ2v) is 16.5. The zero-order valence-corrected chi connectivity index (χ0v) is 33.0. The number of nitrogens with zero attached hydrogens (tertiary/aromatic N) is 2. The highest BCUT2D eigenvalue weighted by molar-refractivity contribution is 6.12. The molecule has 11 aromatic rings. The zero-order chi connectivity index (χ0) is 39.2. The maximum absolute atomic E-state index is 2.48. The molecule has 59 heavy (non-hydrogen) atoms. The third-order valence-electron chi connectivity index (χ3n) is 12.9. The minimum Gasteiger partial charge on any atom is -0.309 e. The molecule has 278 valence electrons. The second kappa shape index (κ2) is 12.8. The summed E-state index contributed by atoms with van der Waals surface area (Å²) in [6.45, 7) is 4.79. The van der Waals surface area contributed by atoms with Crippen LogP contribution < -0.4 is 0 Å². The molecule has 0 aliphatic heterocycles. The fourth-order valence-electron chi connectivity index (χ4n) is 10.1. The molecule has 0 N–H and O–H groups in total. The summed E-state index contributed by atoms with van der Waals surface area (Å²) in [5, 5.41) is 5.06. The Morgan fingerprint density at radius 1 is 0.305 bits per heavy atom. The van der Waals surface area contributed by atoms with Gasteiger partial charge in [-0.05, 0) is 116 Å². The van der Waals surface area contributed by atoms with Crippen molar-refractivity contribution >= 4 is 43.6 Å². The van der Waals surface area contributed by atoms with Gasteiger partial charge in [0, 0.05) is 38.3 Å².